The molecule has 0 bridgehead atoms. The summed E-state index contributed by atoms with van der Waals surface area (Å²) in [6.45, 7) is 10.2. The molecule has 1 heterocycles. The summed E-state index contributed by atoms with van der Waals surface area (Å²) < 4.78 is 0. The summed E-state index contributed by atoms with van der Waals surface area (Å²) in [5.41, 5.74) is 2.95. The van der Waals surface area contributed by atoms with Crippen LogP contribution in [-0.4, -0.2) is 20.1 Å². The molecule has 118 valence electrons. The molecule has 2 rings (SSSR count). The highest BCUT2D eigenvalue weighted by molar-refractivity contribution is 6.33. The first-order valence-corrected chi connectivity index (χ1v) is 8.48. The van der Waals surface area contributed by atoms with Crippen LogP contribution in [0, 0.1) is 11.3 Å². The molecule has 1 aliphatic heterocycles. The van der Waals surface area contributed by atoms with Gasteiger partial charge in [-0.3, -0.25) is 0 Å². The zero-order chi connectivity index (χ0) is 15.5. The SMILES string of the molecule is CNCc1cccc(Cl)c1N1CCCC(C(C)(C)C)CC1. The van der Waals surface area contributed by atoms with Crippen LogP contribution < -0.4 is 10.2 Å². The molecule has 0 aromatic heterocycles. The van der Waals surface area contributed by atoms with E-state index in [9.17, 15) is 0 Å². The maximum atomic E-state index is 6.51. The molecular formula is C18H29ClN2. The Bertz CT molecular complexity index is 465. The second-order valence-corrected chi connectivity index (χ2v) is 7.67. The molecule has 21 heavy (non-hydrogen) atoms. The van der Waals surface area contributed by atoms with Gasteiger partial charge in [0.2, 0.25) is 0 Å². The van der Waals surface area contributed by atoms with E-state index in [1.165, 1.54) is 30.5 Å². The first-order valence-electron chi connectivity index (χ1n) is 8.10. The van der Waals surface area contributed by atoms with Crippen molar-refractivity contribution in [1.29, 1.82) is 0 Å². The van der Waals surface area contributed by atoms with E-state index in [-0.39, 0.29) is 0 Å². The predicted molar refractivity (Wildman–Crippen MR) is 93.2 cm³/mol. The lowest BCUT2D eigenvalue weighted by atomic mass is 9.77. The largest absolute Gasteiger partial charge is 0.370 e. The second-order valence-electron chi connectivity index (χ2n) is 7.26. The quantitative estimate of drug-likeness (QED) is 0.869. The lowest BCUT2D eigenvalue weighted by molar-refractivity contribution is 0.220. The summed E-state index contributed by atoms with van der Waals surface area (Å²) in [6, 6.07) is 6.25. The molecule has 0 amide bonds. The van der Waals surface area contributed by atoms with Gasteiger partial charge in [0.1, 0.15) is 0 Å². The van der Waals surface area contributed by atoms with Crippen LogP contribution in [0.5, 0.6) is 0 Å². The first kappa shape index (κ1) is 16.6. The van der Waals surface area contributed by atoms with Crippen molar-refractivity contribution in [1.82, 2.24) is 5.32 Å². The van der Waals surface area contributed by atoms with Crippen LogP contribution in [0.4, 0.5) is 5.69 Å². The third-order valence-corrected chi connectivity index (χ3v) is 5.01. The average molecular weight is 309 g/mol. The number of anilines is 1. The molecule has 0 saturated carbocycles. The molecular weight excluding hydrogens is 280 g/mol. The molecule has 1 fully saturated rings. The van der Waals surface area contributed by atoms with Gasteiger partial charge in [0.05, 0.1) is 10.7 Å². The van der Waals surface area contributed by atoms with Gasteiger partial charge in [-0.2, -0.15) is 0 Å². The van der Waals surface area contributed by atoms with Crippen molar-refractivity contribution in [2.45, 2.75) is 46.6 Å². The number of para-hydroxylation sites is 1. The minimum Gasteiger partial charge on any atom is -0.370 e. The molecule has 1 unspecified atom stereocenters. The van der Waals surface area contributed by atoms with E-state index in [4.69, 9.17) is 11.6 Å². The maximum Gasteiger partial charge on any atom is 0.0642 e. The maximum absolute atomic E-state index is 6.51. The van der Waals surface area contributed by atoms with Gasteiger partial charge in [-0.05, 0) is 49.3 Å². The topological polar surface area (TPSA) is 15.3 Å². The van der Waals surface area contributed by atoms with E-state index >= 15 is 0 Å². The number of benzene rings is 1. The molecule has 0 radical (unpaired) electrons. The third-order valence-electron chi connectivity index (χ3n) is 4.71. The molecule has 1 atom stereocenters. The molecule has 1 saturated heterocycles. The predicted octanol–water partition coefficient (Wildman–Crippen LogP) is 4.71. The highest BCUT2D eigenvalue weighted by atomic mass is 35.5. The molecule has 1 N–H and O–H groups in total. The Morgan fingerprint density at radius 1 is 1.24 bits per heavy atom. The van der Waals surface area contributed by atoms with E-state index in [1.54, 1.807) is 0 Å². The zero-order valence-corrected chi connectivity index (χ0v) is 14.6. The minimum atomic E-state index is 0.407. The fraction of sp³-hybridized carbons (Fsp3) is 0.667. The summed E-state index contributed by atoms with van der Waals surface area (Å²) in [5, 5.41) is 4.14. The Balaban J connectivity index is 2.19. The number of nitrogens with zero attached hydrogens (tertiary/aromatic N) is 1. The molecule has 1 aromatic carbocycles. The van der Waals surface area contributed by atoms with E-state index in [2.05, 4.69) is 37.1 Å². The van der Waals surface area contributed by atoms with Gasteiger partial charge in [-0.25, -0.2) is 0 Å². The monoisotopic (exact) mass is 308 g/mol. The standard InChI is InChI=1S/C18H29ClN2/c1-18(2,3)15-8-6-11-21(12-10-15)17-14(13-20-4)7-5-9-16(17)19/h5,7,9,15,20H,6,8,10-13H2,1-4H3. The van der Waals surface area contributed by atoms with Crippen molar-refractivity contribution in [2.75, 3.05) is 25.0 Å². The lowest BCUT2D eigenvalue weighted by Crippen LogP contribution is -2.27. The van der Waals surface area contributed by atoms with Crippen molar-refractivity contribution in [3.63, 3.8) is 0 Å². The van der Waals surface area contributed by atoms with Crippen molar-refractivity contribution in [3.8, 4) is 0 Å². The van der Waals surface area contributed by atoms with Crippen LogP contribution in [0.15, 0.2) is 18.2 Å². The van der Waals surface area contributed by atoms with Crippen molar-refractivity contribution >= 4 is 17.3 Å². The third kappa shape index (κ3) is 4.14. The highest BCUT2D eigenvalue weighted by Gasteiger charge is 2.28. The van der Waals surface area contributed by atoms with Crippen molar-refractivity contribution < 1.29 is 0 Å². The summed E-state index contributed by atoms with van der Waals surface area (Å²) in [5.74, 6) is 0.803. The normalized spacial score (nSPS) is 20.4. The van der Waals surface area contributed by atoms with Gasteiger partial charge < -0.3 is 10.2 Å². The van der Waals surface area contributed by atoms with Gasteiger partial charge in [0, 0.05) is 19.6 Å². The van der Waals surface area contributed by atoms with Crippen LogP contribution in [0.2, 0.25) is 5.02 Å². The Labute approximate surface area is 134 Å². The fourth-order valence-electron chi connectivity index (χ4n) is 3.43. The van der Waals surface area contributed by atoms with E-state index in [1.807, 2.05) is 19.2 Å². The summed E-state index contributed by atoms with van der Waals surface area (Å²) in [4.78, 5) is 2.50. The lowest BCUT2D eigenvalue weighted by Gasteiger charge is -2.30. The van der Waals surface area contributed by atoms with Crippen LogP contribution in [0.1, 0.15) is 45.6 Å². The summed E-state index contributed by atoms with van der Waals surface area (Å²) >= 11 is 6.51. The van der Waals surface area contributed by atoms with Gasteiger partial charge in [0.25, 0.3) is 0 Å². The minimum absolute atomic E-state index is 0.407. The Morgan fingerprint density at radius 3 is 2.67 bits per heavy atom. The number of rotatable bonds is 3. The van der Waals surface area contributed by atoms with Crippen molar-refractivity contribution in [3.05, 3.63) is 28.8 Å². The summed E-state index contributed by atoms with van der Waals surface area (Å²) in [7, 11) is 1.99. The van der Waals surface area contributed by atoms with Crippen LogP contribution in [0.25, 0.3) is 0 Å². The zero-order valence-electron chi connectivity index (χ0n) is 13.9. The Hall–Kier alpha value is -0.730. The molecule has 2 nitrogen and oxygen atoms in total. The molecule has 1 aliphatic rings. The fourth-order valence-corrected chi connectivity index (χ4v) is 3.75. The number of hydrogen-bond acceptors (Lipinski definition) is 2. The average Bonchev–Trinajstić information content (AvgIpc) is 2.64. The summed E-state index contributed by atoms with van der Waals surface area (Å²) in [6.07, 6.45) is 3.84. The molecule has 1 aromatic rings. The number of hydrogen-bond donors (Lipinski definition) is 1. The van der Waals surface area contributed by atoms with Crippen LogP contribution in [-0.2, 0) is 6.54 Å². The highest BCUT2D eigenvalue weighted by Crippen LogP contribution is 2.37. The second kappa shape index (κ2) is 7.02. The Morgan fingerprint density at radius 2 is 2.00 bits per heavy atom. The molecule has 0 spiro atoms. The van der Waals surface area contributed by atoms with E-state index in [0.29, 0.717) is 5.41 Å². The van der Waals surface area contributed by atoms with E-state index < -0.39 is 0 Å². The number of nitrogens with one attached hydrogen (secondary N) is 1. The number of halogens is 1. The first-order chi connectivity index (χ1) is 9.93. The van der Waals surface area contributed by atoms with Crippen LogP contribution >= 0.6 is 11.6 Å². The van der Waals surface area contributed by atoms with Gasteiger partial charge in [-0.15, -0.1) is 0 Å². The Kier molecular flexibility index (Phi) is 5.56. The van der Waals surface area contributed by atoms with Gasteiger partial charge in [-0.1, -0.05) is 44.5 Å². The van der Waals surface area contributed by atoms with Crippen molar-refractivity contribution in [2.24, 2.45) is 11.3 Å². The van der Waals surface area contributed by atoms with Gasteiger partial charge >= 0.3 is 0 Å². The van der Waals surface area contributed by atoms with Crippen LogP contribution in [0.3, 0.4) is 0 Å². The van der Waals surface area contributed by atoms with Gasteiger partial charge in [0.15, 0.2) is 0 Å². The molecule has 3 heteroatoms. The van der Waals surface area contributed by atoms with E-state index in [0.717, 1.165) is 30.6 Å². The smallest absolute Gasteiger partial charge is 0.0642 e. The molecule has 0 aliphatic carbocycles.